The van der Waals surface area contributed by atoms with Gasteiger partial charge in [0.2, 0.25) is 0 Å². The first kappa shape index (κ1) is 11.9. The molecule has 0 amide bonds. The lowest BCUT2D eigenvalue weighted by Gasteiger charge is -2.12. The maximum absolute atomic E-state index is 3.97. The van der Waals surface area contributed by atoms with E-state index >= 15 is 0 Å². The molecule has 0 saturated heterocycles. The Morgan fingerprint density at radius 1 is 1.47 bits per heavy atom. The zero-order chi connectivity index (χ0) is 10.9. The topological polar surface area (TPSA) is 37.8 Å². The molecule has 0 radical (unpaired) electrons. The van der Waals surface area contributed by atoms with Crippen LogP contribution >= 0.6 is 0 Å². The van der Waals surface area contributed by atoms with E-state index in [1.807, 2.05) is 18.5 Å². The molecule has 1 heterocycles. The highest BCUT2D eigenvalue weighted by atomic mass is 14.9. The third-order valence-electron chi connectivity index (χ3n) is 2.31. The quantitative estimate of drug-likeness (QED) is 0.548. The van der Waals surface area contributed by atoms with Crippen LogP contribution < -0.4 is 5.32 Å². The number of allylic oxidation sites excluding steroid dienone is 1. The van der Waals surface area contributed by atoms with Crippen molar-refractivity contribution < 1.29 is 0 Å². The number of aromatic nitrogens is 2. The molecule has 1 atom stereocenters. The second-order valence-electron chi connectivity index (χ2n) is 3.75. The average Bonchev–Trinajstić information content (AvgIpc) is 2.28. The molecule has 0 bridgehead atoms. The van der Waals surface area contributed by atoms with Crippen LogP contribution in [0.5, 0.6) is 0 Å². The van der Waals surface area contributed by atoms with E-state index in [0.29, 0.717) is 6.04 Å². The first-order chi connectivity index (χ1) is 7.33. The molecule has 3 nitrogen and oxygen atoms in total. The Labute approximate surface area is 91.7 Å². The Bertz CT molecular complexity index is 271. The lowest BCUT2D eigenvalue weighted by molar-refractivity contribution is 0.499. The molecule has 82 valence electrons. The molecule has 0 saturated carbocycles. The van der Waals surface area contributed by atoms with Crippen LogP contribution in [0.3, 0.4) is 0 Å². The smallest absolute Gasteiger partial charge is 0.115 e. The molecule has 1 aromatic heterocycles. The van der Waals surface area contributed by atoms with Gasteiger partial charge >= 0.3 is 0 Å². The molecule has 0 aliphatic rings. The van der Waals surface area contributed by atoms with E-state index in [4.69, 9.17) is 0 Å². The molecule has 1 unspecified atom stereocenters. The summed E-state index contributed by atoms with van der Waals surface area (Å²) in [5, 5.41) is 3.44. The number of rotatable bonds is 7. The Morgan fingerprint density at radius 2 is 2.20 bits per heavy atom. The summed E-state index contributed by atoms with van der Waals surface area (Å²) in [7, 11) is 0. The number of unbranched alkanes of at least 4 members (excludes halogenated alkanes) is 1. The van der Waals surface area contributed by atoms with Crippen LogP contribution in [0.4, 0.5) is 0 Å². The van der Waals surface area contributed by atoms with E-state index in [0.717, 1.165) is 18.5 Å². The van der Waals surface area contributed by atoms with E-state index in [1.54, 1.807) is 6.33 Å². The summed E-state index contributed by atoms with van der Waals surface area (Å²) in [5.74, 6) is 0. The van der Waals surface area contributed by atoms with Crippen LogP contribution in [0.2, 0.25) is 0 Å². The average molecular weight is 205 g/mol. The Morgan fingerprint density at radius 3 is 2.87 bits per heavy atom. The number of nitrogens with zero attached hydrogens (tertiary/aromatic N) is 2. The molecule has 15 heavy (non-hydrogen) atoms. The summed E-state index contributed by atoms with van der Waals surface area (Å²) in [5.41, 5.74) is 1.13. The molecule has 0 aromatic carbocycles. The third kappa shape index (κ3) is 5.27. The van der Waals surface area contributed by atoms with Gasteiger partial charge in [0.05, 0.1) is 0 Å². The summed E-state index contributed by atoms with van der Waals surface area (Å²) in [6.45, 7) is 6.76. The van der Waals surface area contributed by atoms with Crippen LogP contribution in [0, 0.1) is 0 Å². The highest BCUT2D eigenvalue weighted by molar-refractivity contribution is 5.01. The lowest BCUT2D eigenvalue weighted by atomic mass is 10.1. The van der Waals surface area contributed by atoms with Gasteiger partial charge in [-0.05, 0) is 26.2 Å². The van der Waals surface area contributed by atoms with Crippen molar-refractivity contribution in [2.24, 2.45) is 0 Å². The van der Waals surface area contributed by atoms with Crippen molar-refractivity contribution in [2.75, 3.05) is 0 Å². The van der Waals surface area contributed by atoms with E-state index in [9.17, 15) is 0 Å². The number of nitrogens with one attached hydrogen (secondary N) is 1. The monoisotopic (exact) mass is 205 g/mol. The Balaban J connectivity index is 2.16. The van der Waals surface area contributed by atoms with Gasteiger partial charge in [-0.15, -0.1) is 6.58 Å². The molecule has 1 rings (SSSR count). The molecule has 0 fully saturated rings. The summed E-state index contributed by atoms with van der Waals surface area (Å²) >= 11 is 0. The van der Waals surface area contributed by atoms with Crippen molar-refractivity contribution in [3.63, 3.8) is 0 Å². The van der Waals surface area contributed by atoms with E-state index in [2.05, 4.69) is 28.8 Å². The maximum Gasteiger partial charge on any atom is 0.115 e. The second kappa shape index (κ2) is 7.12. The minimum Gasteiger partial charge on any atom is -0.310 e. The summed E-state index contributed by atoms with van der Waals surface area (Å²) in [4.78, 5) is 7.95. The lowest BCUT2D eigenvalue weighted by Crippen LogP contribution is -2.25. The molecule has 0 aliphatic carbocycles. The van der Waals surface area contributed by atoms with Gasteiger partial charge in [-0.3, -0.25) is 0 Å². The highest BCUT2D eigenvalue weighted by Crippen LogP contribution is 2.02. The van der Waals surface area contributed by atoms with E-state index < -0.39 is 0 Å². The first-order valence-electron chi connectivity index (χ1n) is 5.41. The molecule has 0 aliphatic heterocycles. The van der Waals surface area contributed by atoms with Gasteiger partial charge in [-0.2, -0.15) is 0 Å². The Kier molecular flexibility index (Phi) is 5.63. The summed E-state index contributed by atoms with van der Waals surface area (Å²) < 4.78 is 0. The standard InChI is InChI=1S/C12H19N3/c1-3-4-5-6-11(2)15-9-12-7-13-10-14-8-12/h3,7-8,10-11,15H,1,4-6,9H2,2H3. The molecular formula is C12H19N3. The molecule has 1 aromatic rings. The van der Waals surface area contributed by atoms with Crippen LogP contribution in [0.25, 0.3) is 0 Å². The minimum atomic E-state index is 0.533. The van der Waals surface area contributed by atoms with E-state index in [1.165, 1.54) is 12.8 Å². The first-order valence-corrected chi connectivity index (χ1v) is 5.41. The van der Waals surface area contributed by atoms with E-state index in [-0.39, 0.29) is 0 Å². The largest absolute Gasteiger partial charge is 0.310 e. The third-order valence-corrected chi connectivity index (χ3v) is 2.31. The number of hydrogen-bond acceptors (Lipinski definition) is 3. The zero-order valence-corrected chi connectivity index (χ0v) is 9.32. The van der Waals surface area contributed by atoms with Crippen molar-refractivity contribution in [3.8, 4) is 0 Å². The van der Waals surface area contributed by atoms with Gasteiger partial charge in [-0.25, -0.2) is 9.97 Å². The predicted molar refractivity (Wildman–Crippen MR) is 62.4 cm³/mol. The fourth-order valence-electron chi connectivity index (χ4n) is 1.38. The van der Waals surface area contributed by atoms with Crippen LogP contribution in [-0.4, -0.2) is 16.0 Å². The molecule has 0 spiro atoms. The maximum atomic E-state index is 3.97. The SMILES string of the molecule is C=CCCCC(C)NCc1cncnc1. The normalized spacial score (nSPS) is 12.3. The van der Waals surface area contributed by atoms with Gasteiger partial charge in [0.1, 0.15) is 6.33 Å². The van der Waals surface area contributed by atoms with Gasteiger partial charge in [0.15, 0.2) is 0 Å². The zero-order valence-electron chi connectivity index (χ0n) is 9.32. The minimum absolute atomic E-state index is 0.533. The summed E-state index contributed by atoms with van der Waals surface area (Å²) in [6.07, 6.45) is 10.7. The van der Waals surface area contributed by atoms with Gasteiger partial charge in [0, 0.05) is 30.5 Å². The summed E-state index contributed by atoms with van der Waals surface area (Å²) in [6, 6.07) is 0.533. The molecular weight excluding hydrogens is 186 g/mol. The van der Waals surface area contributed by atoms with Crippen LogP contribution in [-0.2, 0) is 6.54 Å². The van der Waals surface area contributed by atoms with Crippen LogP contribution in [0.15, 0.2) is 31.4 Å². The van der Waals surface area contributed by atoms with Gasteiger partial charge in [-0.1, -0.05) is 6.08 Å². The van der Waals surface area contributed by atoms with Crippen molar-refractivity contribution in [3.05, 3.63) is 36.9 Å². The van der Waals surface area contributed by atoms with Crippen LogP contribution in [0.1, 0.15) is 31.7 Å². The van der Waals surface area contributed by atoms with Gasteiger partial charge < -0.3 is 5.32 Å². The fraction of sp³-hybridized carbons (Fsp3) is 0.500. The highest BCUT2D eigenvalue weighted by Gasteiger charge is 2.00. The fourth-order valence-corrected chi connectivity index (χ4v) is 1.38. The van der Waals surface area contributed by atoms with Crippen molar-refractivity contribution in [2.45, 2.75) is 38.8 Å². The van der Waals surface area contributed by atoms with Crippen molar-refractivity contribution in [1.82, 2.24) is 15.3 Å². The van der Waals surface area contributed by atoms with Gasteiger partial charge in [0.25, 0.3) is 0 Å². The predicted octanol–water partition coefficient (Wildman–Crippen LogP) is 2.31. The molecule has 3 heteroatoms. The second-order valence-corrected chi connectivity index (χ2v) is 3.75. The number of hydrogen-bond donors (Lipinski definition) is 1. The van der Waals surface area contributed by atoms with Crippen molar-refractivity contribution in [1.29, 1.82) is 0 Å². The Hall–Kier alpha value is -1.22. The molecule has 1 N–H and O–H groups in total. The van der Waals surface area contributed by atoms with Crippen molar-refractivity contribution >= 4 is 0 Å².